The summed E-state index contributed by atoms with van der Waals surface area (Å²) in [5.41, 5.74) is 0. The molecule has 0 heterocycles. The molecule has 0 bridgehead atoms. The van der Waals surface area contributed by atoms with E-state index in [9.17, 15) is 0 Å². The lowest BCUT2D eigenvalue weighted by molar-refractivity contribution is 0.472. The maximum absolute atomic E-state index is 3.35. The highest BCUT2D eigenvalue weighted by molar-refractivity contribution is 4.67. The molecule has 0 spiro atoms. The molecule has 2 heteroatoms. The summed E-state index contributed by atoms with van der Waals surface area (Å²) in [4.78, 5) is 0. The van der Waals surface area contributed by atoms with Gasteiger partial charge in [0, 0.05) is 6.67 Å². The predicted octanol–water partition coefficient (Wildman–Crippen LogP) is 1.33. The maximum atomic E-state index is 3.35. The van der Waals surface area contributed by atoms with Crippen molar-refractivity contribution in [2.45, 2.75) is 32.1 Å². The Balaban J connectivity index is 1.86. The molecular formula is C9H20N2. The molecule has 1 rings (SSSR count). The van der Waals surface area contributed by atoms with Crippen molar-refractivity contribution in [1.29, 1.82) is 0 Å². The monoisotopic (exact) mass is 156 g/mol. The lowest BCUT2D eigenvalue weighted by Gasteiger charge is -2.08. The fourth-order valence-corrected chi connectivity index (χ4v) is 1.82. The summed E-state index contributed by atoms with van der Waals surface area (Å²) in [7, 11) is 1.97. The predicted molar refractivity (Wildman–Crippen MR) is 48.5 cm³/mol. The Morgan fingerprint density at radius 3 is 2.64 bits per heavy atom. The SMILES string of the molecule is CNCNCCC1CCCC1. The number of hydrogen-bond donors (Lipinski definition) is 2. The lowest BCUT2D eigenvalue weighted by Crippen LogP contribution is -2.27. The molecule has 0 aromatic carbocycles. The van der Waals surface area contributed by atoms with Gasteiger partial charge in [0.25, 0.3) is 0 Å². The summed E-state index contributed by atoms with van der Waals surface area (Å²) < 4.78 is 0. The van der Waals surface area contributed by atoms with Crippen LogP contribution in [-0.2, 0) is 0 Å². The second-order valence-corrected chi connectivity index (χ2v) is 3.47. The molecule has 0 radical (unpaired) electrons. The molecule has 0 unspecified atom stereocenters. The van der Waals surface area contributed by atoms with Crippen LogP contribution in [0, 0.1) is 5.92 Å². The normalized spacial score (nSPS) is 19.4. The smallest absolute Gasteiger partial charge is 0.0451 e. The summed E-state index contributed by atoms with van der Waals surface area (Å²) >= 11 is 0. The molecule has 0 atom stereocenters. The number of rotatable bonds is 5. The molecule has 0 aromatic heterocycles. The van der Waals surface area contributed by atoms with Crippen LogP contribution in [0.25, 0.3) is 0 Å². The first-order valence-electron chi connectivity index (χ1n) is 4.79. The average Bonchev–Trinajstić information content (AvgIpc) is 2.50. The van der Waals surface area contributed by atoms with Crippen LogP contribution in [-0.4, -0.2) is 20.3 Å². The molecule has 11 heavy (non-hydrogen) atoms. The molecule has 2 nitrogen and oxygen atoms in total. The molecular weight excluding hydrogens is 136 g/mol. The minimum atomic E-state index is 0.951. The van der Waals surface area contributed by atoms with E-state index in [-0.39, 0.29) is 0 Å². The van der Waals surface area contributed by atoms with Crippen molar-refractivity contribution in [3.63, 3.8) is 0 Å². The fourth-order valence-electron chi connectivity index (χ4n) is 1.82. The Hall–Kier alpha value is -0.0800. The van der Waals surface area contributed by atoms with E-state index >= 15 is 0 Å². The van der Waals surface area contributed by atoms with E-state index in [0.717, 1.165) is 12.6 Å². The van der Waals surface area contributed by atoms with Gasteiger partial charge in [-0.1, -0.05) is 25.7 Å². The highest BCUT2D eigenvalue weighted by Gasteiger charge is 2.13. The minimum Gasteiger partial charge on any atom is -0.308 e. The molecule has 1 aliphatic rings. The topological polar surface area (TPSA) is 24.1 Å². The van der Waals surface area contributed by atoms with Gasteiger partial charge in [-0.05, 0) is 25.9 Å². The molecule has 2 N–H and O–H groups in total. The number of hydrogen-bond acceptors (Lipinski definition) is 2. The molecule has 1 aliphatic carbocycles. The first-order chi connectivity index (χ1) is 5.43. The lowest BCUT2D eigenvalue weighted by atomic mass is 10.0. The van der Waals surface area contributed by atoms with Crippen LogP contribution in [0.5, 0.6) is 0 Å². The first-order valence-corrected chi connectivity index (χ1v) is 4.79. The van der Waals surface area contributed by atoms with E-state index in [1.165, 1.54) is 38.6 Å². The third-order valence-corrected chi connectivity index (χ3v) is 2.51. The van der Waals surface area contributed by atoms with Crippen LogP contribution < -0.4 is 10.6 Å². The van der Waals surface area contributed by atoms with E-state index in [2.05, 4.69) is 10.6 Å². The largest absolute Gasteiger partial charge is 0.308 e. The van der Waals surface area contributed by atoms with Crippen molar-refractivity contribution in [3.05, 3.63) is 0 Å². The summed E-state index contributed by atoms with van der Waals surface area (Å²) in [5, 5.41) is 6.43. The van der Waals surface area contributed by atoms with Gasteiger partial charge in [-0.25, -0.2) is 0 Å². The van der Waals surface area contributed by atoms with Crippen molar-refractivity contribution in [2.24, 2.45) is 5.92 Å². The highest BCUT2D eigenvalue weighted by Crippen LogP contribution is 2.26. The van der Waals surface area contributed by atoms with Gasteiger partial charge in [0.05, 0.1) is 0 Å². The van der Waals surface area contributed by atoms with Crippen LogP contribution >= 0.6 is 0 Å². The summed E-state index contributed by atoms with van der Waals surface area (Å²) in [6.45, 7) is 2.14. The Morgan fingerprint density at radius 1 is 1.27 bits per heavy atom. The Kier molecular flexibility index (Phi) is 4.55. The van der Waals surface area contributed by atoms with Gasteiger partial charge in [0.15, 0.2) is 0 Å². The fraction of sp³-hybridized carbons (Fsp3) is 1.00. The van der Waals surface area contributed by atoms with Crippen LogP contribution in [0.4, 0.5) is 0 Å². The van der Waals surface area contributed by atoms with Gasteiger partial charge in [0.1, 0.15) is 0 Å². The molecule has 1 saturated carbocycles. The zero-order valence-electron chi connectivity index (χ0n) is 7.53. The van der Waals surface area contributed by atoms with E-state index in [0.29, 0.717) is 0 Å². The standard InChI is InChI=1S/C9H20N2/c1-10-8-11-7-6-9-4-2-3-5-9/h9-11H,2-8H2,1H3. The van der Waals surface area contributed by atoms with Gasteiger partial charge in [0.2, 0.25) is 0 Å². The van der Waals surface area contributed by atoms with Crippen molar-refractivity contribution in [3.8, 4) is 0 Å². The van der Waals surface area contributed by atoms with Crippen LogP contribution in [0.15, 0.2) is 0 Å². The van der Waals surface area contributed by atoms with E-state index in [1.807, 2.05) is 7.05 Å². The molecule has 1 fully saturated rings. The molecule has 0 saturated heterocycles. The molecule has 66 valence electrons. The third-order valence-electron chi connectivity index (χ3n) is 2.51. The van der Waals surface area contributed by atoms with Crippen molar-refractivity contribution >= 4 is 0 Å². The van der Waals surface area contributed by atoms with E-state index in [1.54, 1.807) is 0 Å². The minimum absolute atomic E-state index is 0.951. The van der Waals surface area contributed by atoms with Gasteiger partial charge >= 0.3 is 0 Å². The zero-order valence-corrected chi connectivity index (χ0v) is 7.53. The average molecular weight is 156 g/mol. The molecule has 0 aromatic rings. The highest BCUT2D eigenvalue weighted by atomic mass is 15.0. The number of nitrogens with one attached hydrogen (secondary N) is 2. The first kappa shape index (κ1) is 9.01. The zero-order chi connectivity index (χ0) is 7.94. The second kappa shape index (κ2) is 5.56. The van der Waals surface area contributed by atoms with Gasteiger partial charge in [-0.2, -0.15) is 0 Å². The van der Waals surface area contributed by atoms with Gasteiger partial charge in [-0.3, -0.25) is 0 Å². The quantitative estimate of drug-likeness (QED) is 0.463. The van der Waals surface area contributed by atoms with Gasteiger partial charge < -0.3 is 10.6 Å². The Morgan fingerprint density at radius 2 is 2.00 bits per heavy atom. The van der Waals surface area contributed by atoms with E-state index in [4.69, 9.17) is 0 Å². The Labute approximate surface area is 69.8 Å². The van der Waals surface area contributed by atoms with Crippen LogP contribution in [0.2, 0.25) is 0 Å². The van der Waals surface area contributed by atoms with Crippen molar-refractivity contribution < 1.29 is 0 Å². The Bertz CT molecular complexity index is 87.6. The van der Waals surface area contributed by atoms with Crippen molar-refractivity contribution in [2.75, 3.05) is 20.3 Å². The summed E-state index contributed by atoms with van der Waals surface area (Å²) in [5.74, 6) is 1.03. The second-order valence-electron chi connectivity index (χ2n) is 3.47. The third kappa shape index (κ3) is 3.73. The van der Waals surface area contributed by atoms with Gasteiger partial charge in [-0.15, -0.1) is 0 Å². The van der Waals surface area contributed by atoms with E-state index < -0.39 is 0 Å². The van der Waals surface area contributed by atoms with Crippen LogP contribution in [0.1, 0.15) is 32.1 Å². The summed E-state index contributed by atoms with van der Waals surface area (Å²) in [6, 6.07) is 0. The van der Waals surface area contributed by atoms with Crippen LogP contribution in [0.3, 0.4) is 0 Å². The molecule has 0 amide bonds. The maximum Gasteiger partial charge on any atom is 0.0451 e. The van der Waals surface area contributed by atoms with Crippen molar-refractivity contribution in [1.82, 2.24) is 10.6 Å². The summed E-state index contributed by atoms with van der Waals surface area (Å²) in [6.07, 6.45) is 7.26. The molecule has 0 aliphatic heterocycles.